The molecule has 0 aliphatic carbocycles. The molecule has 0 fully saturated rings. The Labute approximate surface area is 162 Å². The lowest BCUT2D eigenvalue weighted by Gasteiger charge is -2.08. The first-order valence-electron chi connectivity index (χ1n) is 8.88. The zero-order valence-electron chi connectivity index (χ0n) is 16.2. The van der Waals surface area contributed by atoms with Gasteiger partial charge in [0.2, 0.25) is 0 Å². The van der Waals surface area contributed by atoms with E-state index in [0.717, 1.165) is 11.2 Å². The summed E-state index contributed by atoms with van der Waals surface area (Å²) >= 11 is 0. The summed E-state index contributed by atoms with van der Waals surface area (Å²) in [5.74, 6) is -0.710. The molecule has 0 atom stereocenters. The Balaban J connectivity index is 2.29. The van der Waals surface area contributed by atoms with Crippen LogP contribution >= 0.6 is 0 Å². The Kier molecular flexibility index (Phi) is 5.54. The van der Waals surface area contributed by atoms with Gasteiger partial charge in [0.25, 0.3) is 0 Å². The van der Waals surface area contributed by atoms with Crippen molar-refractivity contribution in [1.29, 1.82) is 0 Å². The monoisotopic (exact) mass is 379 g/mol. The molecular weight excluding hydrogens is 358 g/mol. The van der Waals surface area contributed by atoms with E-state index < -0.39 is 11.9 Å². The molecule has 0 radical (unpaired) electrons. The van der Waals surface area contributed by atoms with Crippen LogP contribution < -0.4 is 4.74 Å². The smallest absolute Gasteiger partial charge is 0.340 e. The van der Waals surface area contributed by atoms with Gasteiger partial charge in [0.15, 0.2) is 5.75 Å². The molecule has 0 N–H and O–H groups in total. The number of carbonyl (C=O) groups excluding carboxylic acids is 2. The fourth-order valence-electron chi connectivity index (χ4n) is 3.01. The van der Waals surface area contributed by atoms with Crippen molar-refractivity contribution in [3.8, 4) is 5.75 Å². The third-order valence-electron chi connectivity index (χ3n) is 4.35. The van der Waals surface area contributed by atoms with Gasteiger partial charge in [-0.2, -0.15) is 5.11 Å². The van der Waals surface area contributed by atoms with Crippen LogP contribution in [0.1, 0.15) is 29.9 Å². The SMILES string of the molecule is CCOC(=O)c1c(C)n(C)c2ccc(OC(C)=O)c(N=Nc3ccccc3)c12. The normalized spacial score (nSPS) is 11.1. The van der Waals surface area contributed by atoms with Gasteiger partial charge in [0.1, 0.15) is 5.69 Å². The topological polar surface area (TPSA) is 82.2 Å². The maximum Gasteiger partial charge on any atom is 0.340 e. The first-order valence-corrected chi connectivity index (χ1v) is 8.88. The summed E-state index contributed by atoms with van der Waals surface area (Å²) < 4.78 is 12.4. The second-order valence-corrected chi connectivity index (χ2v) is 6.18. The number of hydrogen-bond donors (Lipinski definition) is 0. The molecule has 0 amide bonds. The third-order valence-corrected chi connectivity index (χ3v) is 4.35. The van der Waals surface area contributed by atoms with Crippen molar-refractivity contribution < 1.29 is 19.1 Å². The molecule has 0 bridgehead atoms. The summed E-state index contributed by atoms with van der Waals surface area (Å²) in [6, 6.07) is 12.6. The van der Waals surface area contributed by atoms with E-state index in [1.54, 1.807) is 31.2 Å². The van der Waals surface area contributed by atoms with Crippen molar-refractivity contribution in [2.45, 2.75) is 20.8 Å². The quantitative estimate of drug-likeness (QED) is 0.355. The van der Waals surface area contributed by atoms with Gasteiger partial charge in [-0.25, -0.2) is 4.79 Å². The van der Waals surface area contributed by atoms with Crippen LogP contribution in [-0.4, -0.2) is 23.1 Å². The molecule has 2 aromatic carbocycles. The van der Waals surface area contributed by atoms with E-state index in [0.29, 0.717) is 22.3 Å². The number of fused-ring (bicyclic) bond motifs is 1. The standard InChI is InChI=1S/C21H21N3O4/c1-5-27-21(26)18-13(2)24(4)16-11-12-17(28-14(3)25)20(19(16)18)23-22-15-9-7-6-8-10-15/h6-12H,5H2,1-4H3. The van der Waals surface area contributed by atoms with Gasteiger partial charge in [0.05, 0.1) is 23.4 Å². The van der Waals surface area contributed by atoms with Crippen LogP contribution in [-0.2, 0) is 16.6 Å². The first kappa shape index (κ1) is 19.3. The Hall–Kier alpha value is -3.48. The second-order valence-electron chi connectivity index (χ2n) is 6.18. The number of benzene rings is 2. The van der Waals surface area contributed by atoms with Crippen molar-refractivity contribution in [2.75, 3.05) is 6.61 Å². The van der Waals surface area contributed by atoms with Crippen molar-refractivity contribution in [2.24, 2.45) is 17.3 Å². The van der Waals surface area contributed by atoms with E-state index in [2.05, 4.69) is 10.2 Å². The van der Waals surface area contributed by atoms with Gasteiger partial charge in [-0.15, -0.1) is 5.11 Å². The van der Waals surface area contributed by atoms with Crippen molar-refractivity contribution in [3.63, 3.8) is 0 Å². The predicted octanol–water partition coefficient (Wildman–Crippen LogP) is 5.00. The molecule has 7 nitrogen and oxygen atoms in total. The van der Waals surface area contributed by atoms with Crippen LogP contribution in [0.2, 0.25) is 0 Å². The lowest BCUT2D eigenvalue weighted by molar-refractivity contribution is -0.131. The molecule has 0 aliphatic rings. The minimum Gasteiger partial charge on any atom is -0.462 e. The van der Waals surface area contributed by atoms with Crippen LogP contribution in [0.25, 0.3) is 10.9 Å². The molecule has 1 heterocycles. The molecule has 0 saturated carbocycles. The van der Waals surface area contributed by atoms with E-state index in [1.807, 2.05) is 36.7 Å². The summed E-state index contributed by atoms with van der Waals surface area (Å²) in [7, 11) is 1.85. The molecule has 1 aromatic heterocycles. The number of carbonyl (C=O) groups is 2. The van der Waals surface area contributed by atoms with E-state index in [1.165, 1.54) is 6.92 Å². The van der Waals surface area contributed by atoms with Gasteiger partial charge in [-0.05, 0) is 38.1 Å². The Morgan fingerprint density at radius 1 is 1.07 bits per heavy atom. The summed E-state index contributed by atoms with van der Waals surface area (Å²) in [6.45, 7) is 5.14. The Bertz CT molecular complexity index is 1070. The fourth-order valence-corrected chi connectivity index (χ4v) is 3.01. The van der Waals surface area contributed by atoms with E-state index in [-0.39, 0.29) is 12.4 Å². The summed E-state index contributed by atoms with van der Waals surface area (Å²) in [5, 5.41) is 9.13. The average Bonchev–Trinajstić information content (AvgIpc) is 2.92. The summed E-state index contributed by atoms with van der Waals surface area (Å²) in [6.07, 6.45) is 0. The molecule has 28 heavy (non-hydrogen) atoms. The highest BCUT2D eigenvalue weighted by Gasteiger charge is 2.25. The molecule has 0 saturated heterocycles. The highest BCUT2D eigenvalue weighted by molar-refractivity contribution is 6.11. The fraction of sp³-hybridized carbons (Fsp3) is 0.238. The number of rotatable bonds is 5. The molecular formula is C21H21N3O4. The van der Waals surface area contributed by atoms with E-state index in [9.17, 15) is 9.59 Å². The van der Waals surface area contributed by atoms with Gasteiger partial charge in [-0.1, -0.05) is 18.2 Å². The Morgan fingerprint density at radius 3 is 2.43 bits per heavy atom. The number of nitrogens with zero attached hydrogens (tertiary/aromatic N) is 3. The number of aryl methyl sites for hydroxylation is 1. The number of ether oxygens (including phenoxy) is 2. The van der Waals surface area contributed by atoms with Crippen LogP contribution in [0.4, 0.5) is 11.4 Å². The zero-order valence-corrected chi connectivity index (χ0v) is 16.2. The minimum atomic E-state index is -0.485. The van der Waals surface area contributed by atoms with Gasteiger partial charge < -0.3 is 14.0 Å². The largest absolute Gasteiger partial charge is 0.462 e. The lowest BCUT2D eigenvalue weighted by atomic mass is 10.1. The maximum atomic E-state index is 12.6. The van der Waals surface area contributed by atoms with E-state index in [4.69, 9.17) is 9.47 Å². The van der Waals surface area contributed by atoms with Crippen LogP contribution in [0.5, 0.6) is 5.75 Å². The van der Waals surface area contributed by atoms with Crippen LogP contribution in [0, 0.1) is 6.92 Å². The molecule has 0 unspecified atom stereocenters. The summed E-state index contributed by atoms with van der Waals surface area (Å²) in [5.41, 5.74) is 2.82. The van der Waals surface area contributed by atoms with Gasteiger partial charge >= 0.3 is 11.9 Å². The molecule has 7 heteroatoms. The zero-order chi connectivity index (χ0) is 20.3. The van der Waals surface area contributed by atoms with Gasteiger partial charge in [-0.3, -0.25) is 4.79 Å². The molecule has 3 aromatic rings. The minimum absolute atomic E-state index is 0.232. The maximum absolute atomic E-state index is 12.6. The lowest BCUT2D eigenvalue weighted by Crippen LogP contribution is -2.07. The van der Waals surface area contributed by atoms with Crippen molar-refractivity contribution in [3.05, 3.63) is 53.7 Å². The number of azo groups is 1. The van der Waals surface area contributed by atoms with Crippen molar-refractivity contribution in [1.82, 2.24) is 4.57 Å². The van der Waals surface area contributed by atoms with E-state index >= 15 is 0 Å². The highest BCUT2D eigenvalue weighted by Crippen LogP contribution is 2.41. The highest BCUT2D eigenvalue weighted by atomic mass is 16.5. The average molecular weight is 379 g/mol. The molecule has 144 valence electrons. The van der Waals surface area contributed by atoms with Crippen LogP contribution in [0.3, 0.4) is 0 Å². The van der Waals surface area contributed by atoms with Crippen molar-refractivity contribution >= 4 is 34.2 Å². The Morgan fingerprint density at radius 2 is 1.79 bits per heavy atom. The predicted molar refractivity (Wildman–Crippen MR) is 106 cm³/mol. The second kappa shape index (κ2) is 8.04. The number of esters is 2. The van der Waals surface area contributed by atoms with Crippen LogP contribution in [0.15, 0.2) is 52.7 Å². The summed E-state index contributed by atoms with van der Waals surface area (Å²) in [4.78, 5) is 24.2. The molecule has 0 spiro atoms. The first-order chi connectivity index (χ1) is 13.4. The van der Waals surface area contributed by atoms with Gasteiger partial charge in [0, 0.05) is 25.1 Å². The number of hydrogen-bond acceptors (Lipinski definition) is 6. The molecule has 0 aliphatic heterocycles. The molecule has 3 rings (SSSR count). The third kappa shape index (κ3) is 3.64. The number of aromatic nitrogens is 1.